The van der Waals surface area contributed by atoms with Gasteiger partial charge >= 0.3 is 0 Å². The first-order valence-corrected chi connectivity index (χ1v) is 14.1. The van der Waals surface area contributed by atoms with E-state index in [0.29, 0.717) is 37.3 Å². The van der Waals surface area contributed by atoms with E-state index in [0.717, 1.165) is 17.8 Å². The number of carbonyl (C=O) groups is 3. The van der Waals surface area contributed by atoms with Crippen LogP contribution >= 0.6 is 0 Å². The van der Waals surface area contributed by atoms with Gasteiger partial charge in [0, 0.05) is 57.9 Å². The maximum absolute atomic E-state index is 13.4. The van der Waals surface area contributed by atoms with Crippen LogP contribution in [-0.2, 0) is 44.9 Å². The van der Waals surface area contributed by atoms with Crippen LogP contribution in [0.4, 0.5) is 5.69 Å². The fourth-order valence-electron chi connectivity index (χ4n) is 4.77. The normalized spacial score (nSPS) is 13.3. The molecule has 1 aromatic carbocycles. The molecule has 2 heterocycles. The maximum Gasteiger partial charge on any atom is 0.254 e. The number of hydrogen-bond acceptors (Lipinski definition) is 6. The molecular weight excluding hydrogens is 520 g/mol. The minimum Gasteiger partial charge on any atom is -0.384 e. The predicted molar refractivity (Wildman–Crippen MR) is 161 cm³/mol. The molecule has 3 rings (SSSR count). The van der Waals surface area contributed by atoms with Gasteiger partial charge in [0.1, 0.15) is 0 Å². The van der Waals surface area contributed by atoms with Gasteiger partial charge in [-0.25, -0.2) is 0 Å². The van der Waals surface area contributed by atoms with Crippen LogP contribution in [0.25, 0.3) is 0 Å². The number of Topliss-reactive ketones (excluding diaryl/α,β-unsaturated/α-hetero) is 1. The molecule has 1 aromatic heterocycles. The number of rotatable bonds is 15. The fourth-order valence-corrected chi connectivity index (χ4v) is 4.77. The van der Waals surface area contributed by atoms with E-state index < -0.39 is 6.04 Å². The molecule has 220 valence electrons. The smallest absolute Gasteiger partial charge is 0.254 e. The van der Waals surface area contributed by atoms with E-state index in [9.17, 15) is 19.2 Å². The van der Waals surface area contributed by atoms with Crippen LogP contribution in [0.3, 0.4) is 0 Å². The maximum atomic E-state index is 13.4. The summed E-state index contributed by atoms with van der Waals surface area (Å²) in [5, 5.41) is 2.78. The minimum absolute atomic E-state index is 0.111. The minimum atomic E-state index is -0.792. The lowest BCUT2D eigenvalue weighted by Gasteiger charge is -2.17. The number of para-hydroxylation sites is 1. The molecule has 0 saturated heterocycles. The van der Waals surface area contributed by atoms with Crippen LogP contribution in [0.2, 0.25) is 0 Å². The van der Waals surface area contributed by atoms with Crippen molar-refractivity contribution in [3.05, 3.63) is 75.7 Å². The first-order chi connectivity index (χ1) is 19.6. The van der Waals surface area contributed by atoms with Crippen molar-refractivity contribution in [2.45, 2.75) is 65.0 Å². The van der Waals surface area contributed by atoms with E-state index in [1.165, 1.54) is 29.2 Å². The topological polar surface area (TPSA) is 110 Å². The number of likely N-dealkylation sites (N-methyl/N-ethyl adjacent to an activating group) is 1. The molecule has 0 spiro atoms. The van der Waals surface area contributed by atoms with Crippen molar-refractivity contribution >= 4 is 29.0 Å². The summed E-state index contributed by atoms with van der Waals surface area (Å²) in [6.45, 7) is 4.95. The van der Waals surface area contributed by atoms with Gasteiger partial charge in [-0.2, -0.15) is 0 Å². The third-order valence-corrected chi connectivity index (χ3v) is 6.89. The fraction of sp³-hybridized carbons (Fsp3) is 0.469. The SMILES string of the molecule is COCCC(=O)N[C@@H](CC/C=C/C(=O)N(C)C)C(=O)Cc1cccn(CC2=Nc3c(cccc3CC(C)C)C2)c1=O. The molecule has 2 aromatic rings. The molecule has 0 radical (unpaired) electrons. The molecule has 1 N–H and O–H groups in total. The van der Waals surface area contributed by atoms with Gasteiger partial charge in [-0.05, 0) is 48.4 Å². The molecule has 0 aliphatic carbocycles. The van der Waals surface area contributed by atoms with Crippen molar-refractivity contribution in [2.24, 2.45) is 10.9 Å². The van der Waals surface area contributed by atoms with Crippen molar-refractivity contribution < 1.29 is 19.1 Å². The number of aromatic nitrogens is 1. The van der Waals surface area contributed by atoms with Crippen LogP contribution in [0.15, 0.2) is 58.5 Å². The van der Waals surface area contributed by atoms with E-state index in [-0.39, 0.29) is 42.6 Å². The van der Waals surface area contributed by atoms with Crippen molar-refractivity contribution in [3.8, 4) is 0 Å². The quantitative estimate of drug-likeness (QED) is 0.335. The van der Waals surface area contributed by atoms with Gasteiger partial charge in [0.25, 0.3) is 5.56 Å². The molecule has 2 amide bonds. The molecule has 1 aliphatic rings. The third-order valence-electron chi connectivity index (χ3n) is 6.89. The van der Waals surface area contributed by atoms with E-state index >= 15 is 0 Å². The summed E-state index contributed by atoms with van der Waals surface area (Å²) in [4.78, 5) is 57.2. The molecule has 41 heavy (non-hydrogen) atoms. The Balaban J connectivity index is 1.72. The molecule has 0 bridgehead atoms. The van der Waals surface area contributed by atoms with Crippen molar-refractivity contribution in [3.63, 3.8) is 0 Å². The van der Waals surface area contributed by atoms with E-state index in [1.54, 1.807) is 43.1 Å². The van der Waals surface area contributed by atoms with Gasteiger partial charge in [-0.3, -0.25) is 24.2 Å². The van der Waals surface area contributed by atoms with Crippen LogP contribution in [0.1, 0.15) is 49.8 Å². The second kappa shape index (κ2) is 15.2. The number of fused-ring (bicyclic) bond motifs is 1. The van der Waals surface area contributed by atoms with Crippen LogP contribution in [0.5, 0.6) is 0 Å². The highest BCUT2D eigenvalue weighted by molar-refractivity contribution is 5.94. The summed E-state index contributed by atoms with van der Waals surface area (Å²) in [7, 11) is 4.82. The predicted octanol–water partition coefficient (Wildman–Crippen LogP) is 3.43. The number of ketones is 1. The average Bonchev–Trinajstić information content (AvgIpc) is 3.34. The number of hydrogen-bond donors (Lipinski definition) is 1. The molecular formula is C32H42N4O5. The number of carbonyl (C=O) groups excluding carboxylic acids is 3. The molecule has 0 saturated carbocycles. The number of nitrogens with one attached hydrogen (secondary N) is 1. The van der Waals surface area contributed by atoms with Crippen LogP contribution in [-0.4, -0.2) is 66.6 Å². The number of pyridine rings is 1. The number of nitrogens with zero attached hydrogens (tertiary/aromatic N) is 3. The first-order valence-electron chi connectivity index (χ1n) is 14.1. The Morgan fingerprint density at radius 1 is 1.15 bits per heavy atom. The zero-order valence-corrected chi connectivity index (χ0v) is 24.8. The largest absolute Gasteiger partial charge is 0.384 e. The number of aliphatic imine (C=N–C) groups is 1. The zero-order chi connectivity index (χ0) is 29.9. The Kier molecular flexibility index (Phi) is 11.8. The van der Waals surface area contributed by atoms with Crippen LogP contribution in [0, 0.1) is 5.92 Å². The Hall–Kier alpha value is -3.85. The lowest BCUT2D eigenvalue weighted by atomic mass is 9.98. The average molecular weight is 563 g/mol. The Morgan fingerprint density at radius 2 is 1.90 bits per heavy atom. The van der Waals surface area contributed by atoms with Crippen molar-refractivity contribution in [1.29, 1.82) is 0 Å². The van der Waals surface area contributed by atoms with E-state index in [4.69, 9.17) is 9.73 Å². The lowest BCUT2D eigenvalue weighted by molar-refractivity contribution is -0.128. The number of allylic oxidation sites excluding steroid dienone is 1. The van der Waals surface area contributed by atoms with E-state index in [2.05, 4.69) is 37.4 Å². The molecule has 0 fully saturated rings. The van der Waals surface area contributed by atoms with Gasteiger partial charge in [0.15, 0.2) is 5.78 Å². The lowest BCUT2D eigenvalue weighted by Crippen LogP contribution is -2.42. The third kappa shape index (κ3) is 9.35. The molecule has 9 heteroatoms. The van der Waals surface area contributed by atoms with Crippen molar-refractivity contribution in [1.82, 2.24) is 14.8 Å². The number of benzene rings is 1. The molecule has 1 atom stereocenters. The summed E-state index contributed by atoms with van der Waals surface area (Å²) >= 11 is 0. The highest BCUT2D eigenvalue weighted by Crippen LogP contribution is 2.32. The number of amides is 2. The van der Waals surface area contributed by atoms with Crippen LogP contribution < -0.4 is 10.9 Å². The second-order valence-electron chi connectivity index (χ2n) is 11.1. The van der Waals surface area contributed by atoms with Crippen molar-refractivity contribution in [2.75, 3.05) is 27.8 Å². The highest BCUT2D eigenvalue weighted by Gasteiger charge is 2.23. The van der Waals surface area contributed by atoms with Gasteiger partial charge in [0.2, 0.25) is 11.8 Å². The van der Waals surface area contributed by atoms with Gasteiger partial charge in [-0.15, -0.1) is 0 Å². The standard InChI is InChI=1S/C32H42N4O5/c1-22(2)18-23-10-8-11-24-19-26(33-31(23)24)21-36-16-9-12-25(32(36)40)20-28(37)27(34-29(38)15-17-41-5)13-6-7-14-30(39)35(3)4/h7-12,14,16,22,27H,6,13,15,17-21H2,1-5H3,(H,34,38)/b14-7+/t27-/m0/s1. The Morgan fingerprint density at radius 3 is 2.61 bits per heavy atom. The summed E-state index contributed by atoms with van der Waals surface area (Å²) in [5.74, 6) is -0.211. The van der Waals surface area contributed by atoms with Gasteiger partial charge in [-0.1, -0.05) is 44.2 Å². The molecule has 0 unspecified atom stereocenters. The highest BCUT2D eigenvalue weighted by atomic mass is 16.5. The van der Waals surface area contributed by atoms with E-state index in [1.807, 2.05) is 0 Å². The molecule has 1 aliphatic heterocycles. The summed E-state index contributed by atoms with van der Waals surface area (Å²) in [6.07, 6.45) is 7.22. The molecule has 9 nitrogen and oxygen atoms in total. The Bertz CT molecular complexity index is 1360. The summed E-state index contributed by atoms with van der Waals surface area (Å²) < 4.78 is 6.57. The monoisotopic (exact) mass is 562 g/mol. The number of methoxy groups -OCH3 is 1. The zero-order valence-electron chi connectivity index (χ0n) is 24.8. The first kappa shape index (κ1) is 31.7. The van der Waals surface area contributed by atoms with Gasteiger partial charge in [0.05, 0.1) is 24.9 Å². The summed E-state index contributed by atoms with van der Waals surface area (Å²) in [6, 6.07) is 8.89. The summed E-state index contributed by atoms with van der Waals surface area (Å²) in [5.41, 5.74) is 4.43. The van der Waals surface area contributed by atoms with Gasteiger partial charge < -0.3 is 19.5 Å². The Labute approximate surface area is 242 Å². The second-order valence-corrected chi connectivity index (χ2v) is 11.1. The number of ether oxygens (including phenoxy) is 1.